The SMILES string of the molecule is CN(C)c1cc([C@@H]2CCCN2Cc2cnccn2)ccn1. The molecule has 0 aromatic carbocycles. The van der Waals surface area contributed by atoms with Crippen molar-refractivity contribution >= 4 is 5.82 Å². The van der Waals surface area contributed by atoms with Crippen LogP contribution in [0.3, 0.4) is 0 Å². The largest absolute Gasteiger partial charge is 0.363 e. The van der Waals surface area contributed by atoms with Gasteiger partial charge in [0.2, 0.25) is 0 Å². The summed E-state index contributed by atoms with van der Waals surface area (Å²) in [6, 6.07) is 4.78. The lowest BCUT2D eigenvalue weighted by Crippen LogP contribution is -2.23. The smallest absolute Gasteiger partial charge is 0.128 e. The molecule has 0 bridgehead atoms. The van der Waals surface area contributed by atoms with Gasteiger partial charge in [0.1, 0.15) is 5.82 Å². The van der Waals surface area contributed by atoms with Gasteiger partial charge in [0.25, 0.3) is 0 Å². The molecule has 2 aromatic rings. The van der Waals surface area contributed by atoms with Crippen LogP contribution in [0.2, 0.25) is 0 Å². The summed E-state index contributed by atoms with van der Waals surface area (Å²) in [6.07, 6.45) is 9.66. The second-order valence-corrected chi connectivity index (χ2v) is 5.67. The van der Waals surface area contributed by atoms with Crippen LogP contribution in [0.5, 0.6) is 0 Å². The van der Waals surface area contributed by atoms with Crippen molar-refractivity contribution in [3.8, 4) is 0 Å². The third-order valence-corrected chi connectivity index (χ3v) is 3.96. The Bertz CT molecular complexity index is 584. The molecular weight excluding hydrogens is 262 g/mol. The van der Waals surface area contributed by atoms with E-state index in [9.17, 15) is 0 Å². The number of likely N-dealkylation sites (tertiary alicyclic amines) is 1. The van der Waals surface area contributed by atoms with Gasteiger partial charge in [0.15, 0.2) is 0 Å². The second kappa shape index (κ2) is 6.18. The Balaban J connectivity index is 1.79. The minimum atomic E-state index is 0.453. The van der Waals surface area contributed by atoms with Crippen molar-refractivity contribution in [2.75, 3.05) is 25.5 Å². The Morgan fingerprint density at radius 3 is 2.90 bits per heavy atom. The Labute approximate surface area is 125 Å². The lowest BCUT2D eigenvalue weighted by Gasteiger charge is -2.25. The molecule has 5 heteroatoms. The number of pyridine rings is 1. The molecule has 0 aliphatic carbocycles. The van der Waals surface area contributed by atoms with Gasteiger partial charge in [0, 0.05) is 51.5 Å². The predicted molar refractivity (Wildman–Crippen MR) is 83.0 cm³/mol. The van der Waals surface area contributed by atoms with Crippen molar-refractivity contribution in [3.05, 3.63) is 48.2 Å². The number of rotatable bonds is 4. The maximum Gasteiger partial charge on any atom is 0.128 e. The van der Waals surface area contributed by atoms with E-state index in [-0.39, 0.29) is 0 Å². The highest BCUT2D eigenvalue weighted by atomic mass is 15.2. The first kappa shape index (κ1) is 13.9. The highest BCUT2D eigenvalue weighted by Crippen LogP contribution is 2.33. The highest BCUT2D eigenvalue weighted by Gasteiger charge is 2.26. The van der Waals surface area contributed by atoms with E-state index in [1.165, 1.54) is 18.4 Å². The predicted octanol–water partition coefficient (Wildman–Crippen LogP) is 2.27. The average Bonchev–Trinajstić information content (AvgIpc) is 2.96. The fraction of sp³-hybridized carbons (Fsp3) is 0.438. The fourth-order valence-electron chi connectivity index (χ4n) is 2.90. The molecule has 0 spiro atoms. The van der Waals surface area contributed by atoms with Crippen molar-refractivity contribution in [2.24, 2.45) is 0 Å². The monoisotopic (exact) mass is 283 g/mol. The molecule has 3 rings (SSSR count). The van der Waals surface area contributed by atoms with E-state index in [0.717, 1.165) is 24.6 Å². The first-order chi connectivity index (χ1) is 10.2. The Morgan fingerprint density at radius 2 is 2.14 bits per heavy atom. The molecule has 21 heavy (non-hydrogen) atoms. The molecule has 1 aliphatic rings. The van der Waals surface area contributed by atoms with Crippen LogP contribution in [0.15, 0.2) is 36.9 Å². The maximum atomic E-state index is 4.40. The molecule has 1 fully saturated rings. The molecule has 0 N–H and O–H groups in total. The molecule has 1 saturated heterocycles. The summed E-state index contributed by atoms with van der Waals surface area (Å²) in [6.45, 7) is 1.97. The van der Waals surface area contributed by atoms with Crippen molar-refractivity contribution in [3.63, 3.8) is 0 Å². The summed E-state index contributed by atoms with van der Waals surface area (Å²) in [7, 11) is 4.05. The molecule has 5 nitrogen and oxygen atoms in total. The zero-order valence-electron chi connectivity index (χ0n) is 12.6. The Kier molecular flexibility index (Phi) is 4.10. The second-order valence-electron chi connectivity index (χ2n) is 5.67. The van der Waals surface area contributed by atoms with Crippen molar-refractivity contribution in [1.29, 1.82) is 0 Å². The van der Waals surface area contributed by atoms with Gasteiger partial charge in [-0.3, -0.25) is 14.9 Å². The van der Waals surface area contributed by atoms with Gasteiger partial charge >= 0.3 is 0 Å². The van der Waals surface area contributed by atoms with Crippen molar-refractivity contribution in [2.45, 2.75) is 25.4 Å². The molecule has 3 heterocycles. The van der Waals surface area contributed by atoms with E-state index < -0.39 is 0 Å². The van der Waals surface area contributed by atoms with E-state index in [1.54, 1.807) is 12.4 Å². The van der Waals surface area contributed by atoms with Crippen LogP contribution in [0.4, 0.5) is 5.82 Å². The molecule has 1 aliphatic heterocycles. The summed E-state index contributed by atoms with van der Waals surface area (Å²) in [5, 5.41) is 0. The van der Waals surface area contributed by atoms with Crippen LogP contribution in [0.1, 0.15) is 30.1 Å². The normalized spacial score (nSPS) is 18.9. The minimum absolute atomic E-state index is 0.453. The van der Waals surface area contributed by atoms with Gasteiger partial charge in [-0.25, -0.2) is 4.98 Å². The molecule has 0 unspecified atom stereocenters. The maximum absolute atomic E-state index is 4.40. The van der Waals surface area contributed by atoms with E-state index in [4.69, 9.17) is 0 Å². The molecule has 2 aromatic heterocycles. The third kappa shape index (κ3) is 3.19. The number of nitrogens with zero attached hydrogens (tertiary/aromatic N) is 5. The van der Waals surface area contributed by atoms with Crippen LogP contribution >= 0.6 is 0 Å². The number of aromatic nitrogens is 3. The van der Waals surface area contributed by atoms with Crippen LogP contribution in [-0.2, 0) is 6.54 Å². The summed E-state index contributed by atoms with van der Waals surface area (Å²) >= 11 is 0. The van der Waals surface area contributed by atoms with Gasteiger partial charge in [-0.1, -0.05) is 0 Å². The molecule has 1 atom stereocenters. The zero-order valence-corrected chi connectivity index (χ0v) is 12.6. The minimum Gasteiger partial charge on any atom is -0.363 e. The summed E-state index contributed by atoms with van der Waals surface area (Å²) < 4.78 is 0. The molecule has 110 valence electrons. The zero-order chi connectivity index (χ0) is 14.7. The summed E-state index contributed by atoms with van der Waals surface area (Å²) in [5.74, 6) is 1.01. The van der Waals surface area contributed by atoms with Crippen molar-refractivity contribution in [1.82, 2.24) is 19.9 Å². The quantitative estimate of drug-likeness (QED) is 0.861. The lowest BCUT2D eigenvalue weighted by atomic mass is 10.1. The third-order valence-electron chi connectivity index (χ3n) is 3.96. The number of anilines is 1. The first-order valence-electron chi connectivity index (χ1n) is 7.36. The molecule has 0 radical (unpaired) electrons. The topological polar surface area (TPSA) is 45.2 Å². The van der Waals surface area contributed by atoms with Crippen LogP contribution in [0.25, 0.3) is 0 Å². The fourth-order valence-corrected chi connectivity index (χ4v) is 2.90. The molecule has 0 amide bonds. The van der Waals surface area contributed by atoms with Crippen LogP contribution < -0.4 is 4.90 Å². The van der Waals surface area contributed by atoms with Crippen molar-refractivity contribution < 1.29 is 0 Å². The first-order valence-corrected chi connectivity index (χ1v) is 7.36. The van der Waals surface area contributed by atoms with Crippen LogP contribution in [-0.4, -0.2) is 40.5 Å². The lowest BCUT2D eigenvalue weighted by molar-refractivity contribution is 0.245. The van der Waals surface area contributed by atoms with Gasteiger partial charge in [-0.15, -0.1) is 0 Å². The highest BCUT2D eigenvalue weighted by molar-refractivity contribution is 5.40. The Morgan fingerprint density at radius 1 is 1.24 bits per heavy atom. The van der Waals surface area contributed by atoms with E-state index >= 15 is 0 Å². The van der Waals surface area contributed by atoms with Gasteiger partial charge in [-0.05, 0) is 37.1 Å². The Hall–Kier alpha value is -2.01. The van der Waals surface area contributed by atoms with Gasteiger partial charge in [-0.2, -0.15) is 0 Å². The summed E-state index contributed by atoms with van der Waals surface area (Å²) in [5.41, 5.74) is 2.38. The average molecular weight is 283 g/mol. The summed E-state index contributed by atoms with van der Waals surface area (Å²) in [4.78, 5) is 17.5. The van der Waals surface area contributed by atoms with E-state index in [2.05, 4.69) is 32.0 Å². The standard InChI is InChI=1S/C16H21N5/c1-20(2)16-10-13(5-6-19-16)15-4-3-9-21(15)12-14-11-17-7-8-18-14/h5-8,10-11,15H,3-4,9,12H2,1-2H3/t15-/m0/s1. The molecular formula is C16H21N5. The van der Waals surface area contributed by atoms with Gasteiger partial charge in [0.05, 0.1) is 5.69 Å². The van der Waals surface area contributed by atoms with E-state index in [0.29, 0.717) is 6.04 Å². The number of hydrogen-bond donors (Lipinski definition) is 0. The molecule has 0 saturated carbocycles. The van der Waals surface area contributed by atoms with E-state index in [1.807, 2.05) is 31.4 Å². The van der Waals surface area contributed by atoms with Gasteiger partial charge < -0.3 is 4.90 Å². The van der Waals surface area contributed by atoms with Crippen LogP contribution in [0, 0.1) is 0 Å². The number of hydrogen-bond acceptors (Lipinski definition) is 5.